The molecular weight excluding hydrogens is 354 g/mol. The van der Waals surface area contributed by atoms with Crippen molar-refractivity contribution in [3.05, 3.63) is 54.1 Å². The van der Waals surface area contributed by atoms with E-state index in [2.05, 4.69) is 25.4 Å². The van der Waals surface area contributed by atoms with Gasteiger partial charge in [0.05, 0.1) is 5.69 Å². The lowest BCUT2D eigenvalue weighted by Crippen LogP contribution is -2.52. The second-order valence-corrected chi connectivity index (χ2v) is 6.75. The minimum atomic E-state index is -0.0803. The van der Waals surface area contributed by atoms with Gasteiger partial charge in [0.1, 0.15) is 5.75 Å². The lowest BCUT2D eigenvalue weighted by Gasteiger charge is -2.37. The smallest absolute Gasteiger partial charge is 0.221 e. The van der Waals surface area contributed by atoms with Gasteiger partial charge in [-0.05, 0) is 29.8 Å². The predicted molar refractivity (Wildman–Crippen MR) is 113 cm³/mol. The number of nitrogens with zero attached hydrogens (tertiary/aromatic N) is 3. The van der Waals surface area contributed by atoms with E-state index >= 15 is 0 Å². The summed E-state index contributed by atoms with van der Waals surface area (Å²) in [7, 11) is 1.78. The summed E-state index contributed by atoms with van der Waals surface area (Å²) < 4.78 is 0. The molecule has 1 aliphatic rings. The van der Waals surface area contributed by atoms with E-state index in [1.807, 2.05) is 42.5 Å². The molecule has 0 saturated carbocycles. The molecule has 3 rings (SSSR count). The van der Waals surface area contributed by atoms with E-state index in [0.717, 1.165) is 49.1 Å². The number of benzene rings is 2. The number of hydrogen-bond acceptors (Lipinski definition) is 4. The van der Waals surface area contributed by atoms with E-state index in [9.17, 15) is 9.90 Å². The summed E-state index contributed by atoms with van der Waals surface area (Å²) >= 11 is 0. The second-order valence-electron chi connectivity index (χ2n) is 6.75. The molecule has 0 aliphatic carbocycles. The molecule has 3 N–H and O–H groups in total. The molecule has 7 nitrogen and oxygen atoms in total. The van der Waals surface area contributed by atoms with Crippen LogP contribution in [0.1, 0.15) is 12.5 Å². The number of aromatic hydroxyl groups is 1. The van der Waals surface area contributed by atoms with Crippen LogP contribution in [0.5, 0.6) is 5.75 Å². The molecule has 0 bridgehead atoms. The fraction of sp³-hybridized carbons (Fsp3) is 0.333. The summed E-state index contributed by atoms with van der Waals surface area (Å²) in [5.74, 6) is 1.09. The van der Waals surface area contributed by atoms with Gasteiger partial charge >= 0.3 is 0 Å². The minimum Gasteiger partial charge on any atom is -0.506 e. The van der Waals surface area contributed by atoms with Crippen molar-refractivity contribution in [2.45, 2.75) is 13.5 Å². The van der Waals surface area contributed by atoms with Crippen molar-refractivity contribution >= 4 is 23.2 Å². The molecule has 1 heterocycles. The molecule has 1 saturated heterocycles. The first-order valence-electron chi connectivity index (χ1n) is 9.42. The Hall–Kier alpha value is -3.22. The van der Waals surface area contributed by atoms with Crippen molar-refractivity contribution in [2.75, 3.05) is 43.4 Å². The molecule has 1 fully saturated rings. The summed E-state index contributed by atoms with van der Waals surface area (Å²) in [5.41, 5.74) is 2.73. The lowest BCUT2D eigenvalue weighted by molar-refractivity contribution is -0.114. The standard InChI is InChI=1S/C21H27N5O2/c1-16(27)24-18-7-5-6-17(14-18)15-23-21(22-2)26-12-10-25(11-13-26)19-8-3-4-9-20(19)28/h3-9,14,28H,10-13,15H2,1-2H3,(H,22,23)(H,24,27). The maximum atomic E-state index is 11.2. The Bertz CT molecular complexity index is 844. The molecule has 0 radical (unpaired) electrons. The van der Waals surface area contributed by atoms with Gasteiger partial charge in [-0.1, -0.05) is 24.3 Å². The van der Waals surface area contributed by atoms with Crippen LogP contribution < -0.4 is 15.5 Å². The first-order chi connectivity index (χ1) is 13.6. The van der Waals surface area contributed by atoms with Crippen LogP contribution in [-0.2, 0) is 11.3 Å². The Balaban J connectivity index is 1.55. The number of amides is 1. The number of phenols is 1. The van der Waals surface area contributed by atoms with Crippen molar-refractivity contribution in [1.29, 1.82) is 0 Å². The molecular formula is C21H27N5O2. The molecule has 0 atom stereocenters. The summed E-state index contributed by atoms with van der Waals surface area (Å²) in [5, 5.41) is 16.3. The zero-order chi connectivity index (χ0) is 19.9. The van der Waals surface area contributed by atoms with Crippen LogP contribution in [0.2, 0.25) is 0 Å². The number of rotatable bonds is 4. The van der Waals surface area contributed by atoms with E-state index in [1.54, 1.807) is 13.1 Å². The zero-order valence-electron chi connectivity index (χ0n) is 16.4. The van der Waals surface area contributed by atoms with Crippen molar-refractivity contribution in [3.8, 4) is 5.75 Å². The van der Waals surface area contributed by atoms with Gasteiger partial charge in [-0.2, -0.15) is 0 Å². The molecule has 1 amide bonds. The number of nitrogens with one attached hydrogen (secondary N) is 2. The van der Waals surface area contributed by atoms with Gasteiger partial charge < -0.3 is 25.5 Å². The zero-order valence-corrected chi connectivity index (χ0v) is 16.4. The number of piperazine rings is 1. The first kappa shape index (κ1) is 19.5. The van der Waals surface area contributed by atoms with Crippen molar-refractivity contribution in [2.24, 2.45) is 4.99 Å². The number of hydrogen-bond donors (Lipinski definition) is 3. The highest BCUT2D eigenvalue weighted by Crippen LogP contribution is 2.27. The number of carbonyl (C=O) groups is 1. The second kappa shape index (κ2) is 9.12. The quantitative estimate of drug-likeness (QED) is 0.559. The average Bonchev–Trinajstić information content (AvgIpc) is 2.69. The number of para-hydroxylation sites is 2. The topological polar surface area (TPSA) is 80.2 Å². The normalized spacial score (nSPS) is 14.7. The Kier molecular flexibility index (Phi) is 6.37. The summed E-state index contributed by atoms with van der Waals surface area (Å²) in [6.07, 6.45) is 0. The van der Waals surface area contributed by atoms with E-state index in [-0.39, 0.29) is 5.91 Å². The Morgan fingerprint density at radius 2 is 1.86 bits per heavy atom. The Morgan fingerprint density at radius 1 is 1.11 bits per heavy atom. The van der Waals surface area contributed by atoms with Gasteiger partial charge in [-0.15, -0.1) is 0 Å². The van der Waals surface area contributed by atoms with Crippen molar-refractivity contribution in [3.63, 3.8) is 0 Å². The fourth-order valence-corrected chi connectivity index (χ4v) is 3.37. The molecule has 0 unspecified atom stereocenters. The van der Waals surface area contributed by atoms with Crippen LogP contribution in [-0.4, -0.2) is 55.1 Å². The number of aliphatic imine (C=N–C) groups is 1. The molecule has 1 aliphatic heterocycles. The SMILES string of the molecule is CN=C(NCc1cccc(NC(C)=O)c1)N1CCN(c2ccccc2O)CC1. The maximum Gasteiger partial charge on any atom is 0.221 e. The summed E-state index contributed by atoms with van der Waals surface area (Å²) in [4.78, 5) is 20.0. The van der Waals surface area contributed by atoms with Gasteiger partial charge in [-0.25, -0.2) is 0 Å². The molecule has 7 heteroatoms. The largest absolute Gasteiger partial charge is 0.506 e. The molecule has 2 aromatic carbocycles. The van der Waals surface area contributed by atoms with Gasteiger partial charge in [-0.3, -0.25) is 9.79 Å². The van der Waals surface area contributed by atoms with Gasteiger partial charge in [0.2, 0.25) is 5.91 Å². The number of phenolic OH excluding ortho intramolecular Hbond substituents is 1. The lowest BCUT2D eigenvalue weighted by atomic mass is 10.2. The fourth-order valence-electron chi connectivity index (χ4n) is 3.37. The number of anilines is 2. The predicted octanol–water partition coefficient (Wildman–Crippen LogP) is 2.25. The van der Waals surface area contributed by atoms with E-state index in [4.69, 9.17) is 0 Å². The minimum absolute atomic E-state index is 0.0803. The third-order valence-corrected chi connectivity index (χ3v) is 4.71. The summed E-state index contributed by atoms with van der Waals surface area (Å²) in [6.45, 7) is 5.40. The van der Waals surface area contributed by atoms with Crippen molar-refractivity contribution < 1.29 is 9.90 Å². The number of guanidine groups is 1. The monoisotopic (exact) mass is 381 g/mol. The van der Waals surface area contributed by atoms with Gasteiger partial charge in [0.15, 0.2) is 5.96 Å². The van der Waals surface area contributed by atoms with Crippen LogP contribution >= 0.6 is 0 Å². The molecule has 2 aromatic rings. The van der Waals surface area contributed by atoms with Crippen LogP contribution in [0.3, 0.4) is 0 Å². The third kappa shape index (κ3) is 4.94. The Labute approximate surface area is 165 Å². The van der Waals surface area contributed by atoms with E-state index in [0.29, 0.717) is 12.3 Å². The molecule has 148 valence electrons. The van der Waals surface area contributed by atoms with Crippen LogP contribution in [0.15, 0.2) is 53.5 Å². The van der Waals surface area contributed by atoms with Crippen LogP contribution in [0.25, 0.3) is 0 Å². The molecule has 0 spiro atoms. The maximum absolute atomic E-state index is 11.2. The third-order valence-electron chi connectivity index (χ3n) is 4.71. The number of carbonyl (C=O) groups excluding carboxylic acids is 1. The Morgan fingerprint density at radius 3 is 2.54 bits per heavy atom. The summed E-state index contributed by atoms with van der Waals surface area (Å²) in [6, 6.07) is 15.2. The van der Waals surface area contributed by atoms with Gasteiger partial charge in [0, 0.05) is 52.4 Å². The van der Waals surface area contributed by atoms with E-state index < -0.39 is 0 Å². The first-order valence-corrected chi connectivity index (χ1v) is 9.42. The highest BCUT2D eigenvalue weighted by atomic mass is 16.3. The average molecular weight is 381 g/mol. The van der Waals surface area contributed by atoms with Crippen LogP contribution in [0.4, 0.5) is 11.4 Å². The highest BCUT2D eigenvalue weighted by Gasteiger charge is 2.21. The highest BCUT2D eigenvalue weighted by molar-refractivity contribution is 5.88. The molecule has 28 heavy (non-hydrogen) atoms. The van der Waals surface area contributed by atoms with Crippen LogP contribution in [0, 0.1) is 0 Å². The van der Waals surface area contributed by atoms with Gasteiger partial charge in [0.25, 0.3) is 0 Å². The van der Waals surface area contributed by atoms with E-state index in [1.165, 1.54) is 6.92 Å². The molecule has 0 aromatic heterocycles. The van der Waals surface area contributed by atoms with Crippen molar-refractivity contribution in [1.82, 2.24) is 10.2 Å².